The highest BCUT2D eigenvalue weighted by atomic mass is 19.1. The van der Waals surface area contributed by atoms with E-state index in [1.165, 1.54) is 19.2 Å². The summed E-state index contributed by atoms with van der Waals surface area (Å²) >= 11 is 0. The van der Waals surface area contributed by atoms with Gasteiger partial charge in [-0.2, -0.15) is 0 Å². The number of halogens is 4. The van der Waals surface area contributed by atoms with E-state index >= 15 is 0 Å². The van der Waals surface area contributed by atoms with Crippen molar-refractivity contribution < 1.29 is 31.9 Å². The minimum Gasteiger partial charge on any atom is -0.496 e. The van der Waals surface area contributed by atoms with E-state index in [4.69, 9.17) is 4.74 Å². The van der Waals surface area contributed by atoms with E-state index in [1.807, 2.05) is 19.1 Å². The molecule has 5 rings (SSSR count). The zero-order chi connectivity index (χ0) is 30.0. The van der Waals surface area contributed by atoms with Crippen LogP contribution >= 0.6 is 0 Å². The molecule has 3 aromatic carbocycles. The van der Waals surface area contributed by atoms with Crippen molar-refractivity contribution in [1.29, 1.82) is 0 Å². The molecule has 0 spiro atoms. The molecule has 216 valence electrons. The van der Waals surface area contributed by atoms with Crippen LogP contribution in [0, 0.1) is 29.2 Å². The lowest BCUT2D eigenvalue weighted by molar-refractivity contribution is -0.118. The van der Waals surface area contributed by atoms with Gasteiger partial charge in [-0.05, 0) is 60.6 Å². The Balaban J connectivity index is 1.47. The molecule has 0 radical (unpaired) electrons. The van der Waals surface area contributed by atoms with E-state index in [0.717, 1.165) is 23.1 Å². The second-order valence-electron chi connectivity index (χ2n) is 10.9. The van der Waals surface area contributed by atoms with Crippen LogP contribution in [0.2, 0.25) is 0 Å². The zero-order valence-electron chi connectivity index (χ0n) is 23.4. The Morgan fingerprint density at radius 1 is 0.952 bits per heavy atom. The molecule has 2 unspecified atom stereocenters. The van der Waals surface area contributed by atoms with Gasteiger partial charge in [0.25, 0.3) is 0 Å². The number of para-hydroxylation sites is 1. The fourth-order valence-electron chi connectivity index (χ4n) is 5.96. The molecule has 0 saturated heterocycles. The lowest BCUT2D eigenvalue weighted by Crippen LogP contribution is -2.21. The molecule has 0 fully saturated rings. The predicted octanol–water partition coefficient (Wildman–Crippen LogP) is 8.49. The Kier molecular flexibility index (Phi) is 8.57. The minimum atomic E-state index is -1.28. The van der Waals surface area contributed by atoms with E-state index in [9.17, 15) is 27.2 Å². The van der Waals surface area contributed by atoms with E-state index in [-0.39, 0.29) is 5.78 Å². The molecule has 0 N–H and O–H groups in total. The number of hydrogen-bond acceptors (Lipinski definition) is 3. The SMILES string of the molecule is COc1c(CCC(=O)CC2=CC(C)=CC2)cccc1C1CC(c2ccc(F)cc2)=CC1C(=O)c1c(F)cc(F)cc1F. The number of ketones is 2. The molecule has 2 aliphatic rings. The Hall–Kier alpha value is -4.26. The smallest absolute Gasteiger partial charge is 0.176 e. The maximum Gasteiger partial charge on any atom is 0.176 e. The Labute approximate surface area is 242 Å². The molecule has 7 heteroatoms. The third-order valence-corrected chi connectivity index (χ3v) is 7.97. The third-order valence-electron chi connectivity index (χ3n) is 7.97. The summed E-state index contributed by atoms with van der Waals surface area (Å²) in [6.45, 7) is 2.00. The van der Waals surface area contributed by atoms with Crippen LogP contribution in [-0.4, -0.2) is 18.7 Å². The summed E-state index contributed by atoms with van der Waals surface area (Å²) in [5, 5.41) is 0. The van der Waals surface area contributed by atoms with Gasteiger partial charge in [-0.3, -0.25) is 9.59 Å². The van der Waals surface area contributed by atoms with Crippen LogP contribution in [0.4, 0.5) is 17.6 Å². The van der Waals surface area contributed by atoms with Gasteiger partial charge >= 0.3 is 0 Å². The van der Waals surface area contributed by atoms with Crippen LogP contribution in [0.25, 0.3) is 5.57 Å². The number of allylic oxidation sites excluding steroid dienone is 6. The molecule has 0 saturated carbocycles. The predicted molar refractivity (Wildman–Crippen MR) is 153 cm³/mol. The van der Waals surface area contributed by atoms with Gasteiger partial charge in [-0.25, -0.2) is 17.6 Å². The Morgan fingerprint density at radius 3 is 2.31 bits per heavy atom. The quantitative estimate of drug-likeness (QED) is 0.180. The molecular weight excluding hydrogens is 544 g/mol. The standard InChI is InChI=1S/C35H30F4O3/c1-20-6-7-21(14-20)15-27(40)13-10-23-4-3-5-28(35(23)42-2)29-16-24(22-8-11-25(36)12-9-22)17-30(29)34(41)33-31(38)18-26(37)19-32(33)39/h3-6,8-9,11-12,14,17-19,29-30H,7,10,13,15-16H2,1-2H3. The summed E-state index contributed by atoms with van der Waals surface area (Å²) in [5.41, 5.74) is 4.23. The molecular formula is C35H30F4O3. The monoisotopic (exact) mass is 574 g/mol. The summed E-state index contributed by atoms with van der Waals surface area (Å²) in [5.74, 6) is -5.90. The lowest BCUT2D eigenvalue weighted by Gasteiger charge is -2.23. The van der Waals surface area contributed by atoms with Crippen LogP contribution in [0.1, 0.15) is 65.6 Å². The van der Waals surface area contributed by atoms with Gasteiger partial charge in [0.1, 0.15) is 34.8 Å². The molecule has 0 amide bonds. The van der Waals surface area contributed by atoms with E-state index in [2.05, 4.69) is 6.08 Å². The van der Waals surface area contributed by atoms with E-state index < -0.39 is 46.5 Å². The van der Waals surface area contributed by atoms with Gasteiger partial charge in [0, 0.05) is 36.8 Å². The average molecular weight is 575 g/mol. The first-order valence-electron chi connectivity index (χ1n) is 13.8. The molecule has 42 heavy (non-hydrogen) atoms. The Bertz CT molecular complexity index is 1610. The number of ether oxygens (including phenoxy) is 1. The minimum absolute atomic E-state index is 0.105. The number of Topliss-reactive ketones (excluding diaryl/α,β-unsaturated/α-hetero) is 2. The second-order valence-corrected chi connectivity index (χ2v) is 10.9. The number of methoxy groups -OCH3 is 1. The largest absolute Gasteiger partial charge is 0.496 e. The molecule has 2 aliphatic carbocycles. The van der Waals surface area contributed by atoms with Gasteiger partial charge in [-0.15, -0.1) is 0 Å². The zero-order valence-corrected chi connectivity index (χ0v) is 23.4. The molecule has 0 aromatic heterocycles. The number of hydrogen-bond donors (Lipinski definition) is 0. The normalized spacial score (nSPS) is 18.0. The van der Waals surface area contributed by atoms with Gasteiger partial charge in [-0.1, -0.05) is 59.7 Å². The third kappa shape index (κ3) is 6.15. The lowest BCUT2D eigenvalue weighted by atomic mass is 9.81. The summed E-state index contributed by atoms with van der Waals surface area (Å²) in [7, 11) is 1.50. The van der Waals surface area contributed by atoms with Crippen LogP contribution < -0.4 is 4.74 Å². The highest BCUT2D eigenvalue weighted by Gasteiger charge is 2.38. The summed E-state index contributed by atoms with van der Waals surface area (Å²) < 4.78 is 62.5. The van der Waals surface area contributed by atoms with Crippen molar-refractivity contribution in [3.05, 3.63) is 129 Å². The van der Waals surface area contributed by atoms with Crippen molar-refractivity contribution in [1.82, 2.24) is 0 Å². The number of carbonyl (C=O) groups excluding carboxylic acids is 2. The number of carbonyl (C=O) groups is 2. The molecule has 0 heterocycles. The van der Waals surface area contributed by atoms with Gasteiger partial charge in [0.2, 0.25) is 0 Å². The maximum atomic E-state index is 14.7. The van der Waals surface area contributed by atoms with Crippen LogP contribution in [-0.2, 0) is 11.2 Å². The summed E-state index contributed by atoms with van der Waals surface area (Å²) in [6.07, 6.45) is 7.96. The van der Waals surface area contributed by atoms with Crippen LogP contribution in [0.5, 0.6) is 5.75 Å². The van der Waals surface area contributed by atoms with Crippen molar-refractivity contribution in [3.63, 3.8) is 0 Å². The topological polar surface area (TPSA) is 43.4 Å². The van der Waals surface area contributed by atoms with E-state index in [1.54, 1.807) is 30.3 Å². The first-order valence-corrected chi connectivity index (χ1v) is 13.8. The molecule has 3 aromatic rings. The number of rotatable bonds is 10. The van der Waals surface area contributed by atoms with Gasteiger partial charge in [0.05, 0.1) is 12.7 Å². The number of aryl methyl sites for hydroxylation is 1. The number of benzene rings is 3. The van der Waals surface area contributed by atoms with Crippen LogP contribution in [0.3, 0.4) is 0 Å². The highest BCUT2D eigenvalue weighted by molar-refractivity contribution is 6.02. The van der Waals surface area contributed by atoms with Crippen molar-refractivity contribution in [2.45, 2.75) is 44.9 Å². The van der Waals surface area contributed by atoms with Gasteiger partial charge in [0.15, 0.2) is 5.78 Å². The molecule has 0 bridgehead atoms. The fourth-order valence-corrected chi connectivity index (χ4v) is 5.96. The van der Waals surface area contributed by atoms with E-state index in [0.29, 0.717) is 60.3 Å². The fraction of sp³-hybridized carbons (Fsp3) is 0.257. The van der Waals surface area contributed by atoms with Crippen molar-refractivity contribution >= 4 is 17.1 Å². The second kappa shape index (κ2) is 12.3. The van der Waals surface area contributed by atoms with Crippen molar-refractivity contribution in [2.24, 2.45) is 5.92 Å². The first-order chi connectivity index (χ1) is 20.1. The van der Waals surface area contributed by atoms with Crippen LogP contribution in [0.15, 0.2) is 84.0 Å². The first kappa shape index (κ1) is 29.2. The van der Waals surface area contributed by atoms with Crippen molar-refractivity contribution in [3.8, 4) is 5.75 Å². The van der Waals surface area contributed by atoms with Gasteiger partial charge < -0.3 is 4.74 Å². The molecule has 0 aliphatic heterocycles. The highest BCUT2D eigenvalue weighted by Crippen LogP contribution is 2.48. The average Bonchev–Trinajstić information content (AvgIpc) is 3.57. The molecule has 2 atom stereocenters. The summed E-state index contributed by atoms with van der Waals surface area (Å²) in [6, 6.07) is 12.2. The Morgan fingerprint density at radius 2 is 1.67 bits per heavy atom. The summed E-state index contributed by atoms with van der Waals surface area (Å²) in [4.78, 5) is 26.4. The van der Waals surface area contributed by atoms with Crippen molar-refractivity contribution in [2.75, 3.05) is 7.11 Å². The molecule has 3 nitrogen and oxygen atoms in total. The maximum absolute atomic E-state index is 14.7.